The third-order valence-corrected chi connectivity index (χ3v) is 5.33. The summed E-state index contributed by atoms with van der Waals surface area (Å²) in [6.45, 7) is 0. The van der Waals surface area contributed by atoms with Crippen LogP contribution in [0.5, 0.6) is 5.75 Å². The van der Waals surface area contributed by atoms with Gasteiger partial charge in [0.2, 0.25) is 5.91 Å². The molecule has 6 heteroatoms. The summed E-state index contributed by atoms with van der Waals surface area (Å²) in [5, 5.41) is 17.5. The predicted molar refractivity (Wildman–Crippen MR) is 112 cm³/mol. The number of amides is 1. The molecule has 1 amide bonds. The maximum atomic E-state index is 13.5. The fourth-order valence-electron chi connectivity index (χ4n) is 3.92. The van der Waals surface area contributed by atoms with Crippen molar-refractivity contribution >= 4 is 11.7 Å². The van der Waals surface area contributed by atoms with E-state index in [4.69, 9.17) is 5.10 Å². The largest absolute Gasteiger partial charge is 0.508 e. The van der Waals surface area contributed by atoms with E-state index in [1.807, 2.05) is 42.5 Å². The molecule has 2 N–H and O–H groups in total. The van der Waals surface area contributed by atoms with Crippen molar-refractivity contribution in [3.63, 3.8) is 0 Å². The Morgan fingerprint density at radius 1 is 0.967 bits per heavy atom. The Kier molecular flexibility index (Phi) is 4.32. The zero-order valence-electron chi connectivity index (χ0n) is 15.9. The van der Waals surface area contributed by atoms with Crippen LogP contribution in [0.1, 0.15) is 23.5 Å². The first-order chi connectivity index (χ1) is 14.6. The number of nitrogens with one attached hydrogen (secondary N) is 1. The van der Waals surface area contributed by atoms with Crippen LogP contribution in [0.3, 0.4) is 0 Å². The van der Waals surface area contributed by atoms with Gasteiger partial charge < -0.3 is 10.4 Å². The van der Waals surface area contributed by atoms with Crippen LogP contribution in [0, 0.1) is 5.82 Å². The summed E-state index contributed by atoms with van der Waals surface area (Å²) in [4.78, 5) is 12.6. The van der Waals surface area contributed by atoms with Crippen LogP contribution in [-0.2, 0) is 4.79 Å². The van der Waals surface area contributed by atoms with Gasteiger partial charge in [0.1, 0.15) is 17.4 Å². The standard InChI is InChI=1S/C24H18FN3O2/c25-17-8-10-18(11-9-17)28-24-22(23(27-28)16-4-2-1-3-5-16)20(14-21(30)26-24)15-6-12-19(29)13-7-15/h1-13,20,29H,14H2,(H,26,30). The molecule has 5 nitrogen and oxygen atoms in total. The maximum Gasteiger partial charge on any atom is 0.226 e. The summed E-state index contributed by atoms with van der Waals surface area (Å²) in [5.74, 6) is 0.0653. The Morgan fingerprint density at radius 2 is 1.67 bits per heavy atom. The fourth-order valence-corrected chi connectivity index (χ4v) is 3.92. The lowest BCUT2D eigenvalue weighted by Crippen LogP contribution is -2.24. The van der Waals surface area contributed by atoms with E-state index in [0.717, 1.165) is 22.4 Å². The molecule has 30 heavy (non-hydrogen) atoms. The zero-order chi connectivity index (χ0) is 20.7. The number of phenols is 1. The van der Waals surface area contributed by atoms with E-state index in [9.17, 15) is 14.3 Å². The van der Waals surface area contributed by atoms with Gasteiger partial charge in [-0.3, -0.25) is 4.79 Å². The average Bonchev–Trinajstić information content (AvgIpc) is 3.14. The molecule has 1 unspecified atom stereocenters. The van der Waals surface area contributed by atoms with Gasteiger partial charge in [0, 0.05) is 23.5 Å². The average molecular weight is 399 g/mol. The number of hydrogen-bond donors (Lipinski definition) is 2. The molecule has 0 fully saturated rings. The van der Waals surface area contributed by atoms with Crippen molar-refractivity contribution < 1.29 is 14.3 Å². The normalized spacial score (nSPS) is 15.5. The van der Waals surface area contributed by atoms with E-state index in [0.29, 0.717) is 11.5 Å². The fraction of sp³-hybridized carbons (Fsp3) is 0.0833. The zero-order valence-corrected chi connectivity index (χ0v) is 15.9. The third kappa shape index (κ3) is 3.12. The number of anilines is 1. The molecule has 3 aromatic carbocycles. The van der Waals surface area contributed by atoms with Gasteiger partial charge in [0.25, 0.3) is 0 Å². The van der Waals surface area contributed by atoms with Gasteiger partial charge in [-0.15, -0.1) is 0 Å². The monoisotopic (exact) mass is 399 g/mol. The second-order valence-corrected chi connectivity index (χ2v) is 7.26. The maximum absolute atomic E-state index is 13.5. The molecule has 1 aliphatic rings. The van der Waals surface area contributed by atoms with Gasteiger partial charge in [0.05, 0.1) is 11.4 Å². The molecule has 0 saturated heterocycles. The van der Waals surface area contributed by atoms with E-state index >= 15 is 0 Å². The van der Waals surface area contributed by atoms with E-state index in [2.05, 4.69) is 5.32 Å². The molecule has 1 atom stereocenters. The molecule has 0 spiro atoms. The number of benzene rings is 3. The molecule has 2 heterocycles. The highest BCUT2D eigenvalue weighted by Gasteiger charge is 2.34. The molecular formula is C24H18FN3O2. The van der Waals surface area contributed by atoms with Crippen molar-refractivity contribution in [2.45, 2.75) is 12.3 Å². The van der Waals surface area contributed by atoms with Gasteiger partial charge in [0.15, 0.2) is 0 Å². The van der Waals surface area contributed by atoms with E-state index in [-0.39, 0.29) is 29.8 Å². The van der Waals surface area contributed by atoms with E-state index in [1.54, 1.807) is 28.9 Å². The number of aromatic nitrogens is 2. The number of carbonyl (C=O) groups excluding carboxylic acids is 1. The minimum Gasteiger partial charge on any atom is -0.508 e. The lowest BCUT2D eigenvalue weighted by atomic mass is 9.84. The van der Waals surface area contributed by atoms with Crippen LogP contribution in [-0.4, -0.2) is 20.8 Å². The second-order valence-electron chi connectivity index (χ2n) is 7.26. The van der Waals surface area contributed by atoms with Gasteiger partial charge in [-0.2, -0.15) is 5.10 Å². The van der Waals surface area contributed by atoms with Crippen LogP contribution in [0.4, 0.5) is 10.2 Å². The number of halogens is 1. The van der Waals surface area contributed by atoms with Gasteiger partial charge >= 0.3 is 0 Å². The first-order valence-electron chi connectivity index (χ1n) is 9.63. The Hall–Kier alpha value is -3.93. The highest BCUT2D eigenvalue weighted by atomic mass is 19.1. The topological polar surface area (TPSA) is 67.1 Å². The summed E-state index contributed by atoms with van der Waals surface area (Å²) in [6, 6.07) is 22.7. The van der Waals surface area contributed by atoms with Crippen LogP contribution in [0.25, 0.3) is 16.9 Å². The number of hydrogen-bond acceptors (Lipinski definition) is 3. The quantitative estimate of drug-likeness (QED) is 0.517. The smallest absolute Gasteiger partial charge is 0.226 e. The molecule has 5 rings (SSSR count). The first kappa shape index (κ1) is 18.1. The van der Waals surface area contributed by atoms with Gasteiger partial charge in [-0.05, 0) is 42.0 Å². The van der Waals surface area contributed by atoms with Crippen molar-refractivity contribution in [1.29, 1.82) is 0 Å². The van der Waals surface area contributed by atoms with Crippen molar-refractivity contribution in [3.8, 4) is 22.7 Å². The molecule has 4 aromatic rings. The van der Waals surface area contributed by atoms with Crippen LogP contribution >= 0.6 is 0 Å². The Labute approximate surface area is 172 Å². The minimum absolute atomic E-state index is 0.122. The van der Waals surface area contributed by atoms with Crippen LogP contribution in [0.15, 0.2) is 78.9 Å². The molecule has 0 saturated carbocycles. The second kappa shape index (κ2) is 7.15. The number of fused-ring (bicyclic) bond motifs is 1. The minimum atomic E-state index is -0.339. The predicted octanol–water partition coefficient (Wildman–Crippen LogP) is 4.86. The number of phenolic OH excluding ortho intramolecular Hbond substituents is 1. The van der Waals surface area contributed by atoms with Crippen LogP contribution in [0.2, 0.25) is 0 Å². The van der Waals surface area contributed by atoms with Crippen LogP contribution < -0.4 is 5.32 Å². The molecule has 1 aromatic heterocycles. The van der Waals surface area contributed by atoms with Gasteiger partial charge in [-0.25, -0.2) is 9.07 Å². The lowest BCUT2D eigenvalue weighted by Gasteiger charge is -2.25. The summed E-state index contributed by atoms with van der Waals surface area (Å²) in [6.07, 6.45) is 0.271. The first-order valence-corrected chi connectivity index (χ1v) is 9.63. The summed E-state index contributed by atoms with van der Waals surface area (Å²) < 4.78 is 15.1. The molecule has 148 valence electrons. The summed E-state index contributed by atoms with van der Waals surface area (Å²) in [5.41, 5.74) is 4.15. The third-order valence-electron chi connectivity index (χ3n) is 5.33. The Morgan fingerprint density at radius 3 is 2.37 bits per heavy atom. The van der Waals surface area contributed by atoms with Crippen molar-refractivity contribution in [2.75, 3.05) is 5.32 Å². The van der Waals surface area contributed by atoms with E-state index < -0.39 is 0 Å². The van der Waals surface area contributed by atoms with E-state index in [1.165, 1.54) is 12.1 Å². The summed E-state index contributed by atoms with van der Waals surface area (Å²) >= 11 is 0. The Balaban J connectivity index is 1.76. The van der Waals surface area contributed by atoms with Crippen molar-refractivity contribution in [1.82, 2.24) is 9.78 Å². The Bertz CT molecular complexity index is 1220. The highest BCUT2D eigenvalue weighted by Crippen LogP contribution is 2.44. The summed E-state index contributed by atoms with van der Waals surface area (Å²) in [7, 11) is 0. The van der Waals surface area contributed by atoms with Crippen molar-refractivity contribution in [3.05, 3.63) is 95.8 Å². The van der Waals surface area contributed by atoms with Crippen molar-refractivity contribution in [2.24, 2.45) is 0 Å². The number of aromatic hydroxyl groups is 1. The number of carbonyl (C=O) groups is 1. The SMILES string of the molecule is O=C1CC(c2ccc(O)cc2)c2c(-c3ccccc3)nn(-c3ccc(F)cc3)c2N1. The lowest BCUT2D eigenvalue weighted by molar-refractivity contribution is -0.116. The molecule has 0 aliphatic carbocycles. The number of nitrogens with zero attached hydrogens (tertiary/aromatic N) is 2. The molecular weight excluding hydrogens is 381 g/mol. The molecule has 0 bridgehead atoms. The molecule has 1 aliphatic heterocycles. The molecule has 0 radical (unpaired) electrons. The van der Waals surface area contributed by atoms with Gasteiger partial charge in [-0.1, -0.05) is 42.5 Å². The number of rotatable bonds is 3. The highest BCUT2D eigenvalue weighted by molar-refractivity contribution is 5.96.